The highest BCUT2D eigenvalue weighted by Crippen LogP contribution is 2.29. The maximum absolute atomic E-state index is 5.99. The van der Waals surface area contributed by atoms with E-state index in [0.29, 0.717) is 18.4 Å². The molecule has 0 aliphatic heterocycles. The van der Waals surface area contributed by atoms with Gasteiger partial charge in [0.2, 0.25) is 11.8 Å². The van der Waals surface area contributed by atoms with Crippen LogP contribution in [0.1, 0.15) is 30.7 Å². The van der Waals surface area contributed by atoms with Crippen LogP contribution in [0, 0.1) is 0 Å². The van der Waals surface area contributed by atoms with Crippen LogP contribution in [-0.4, -0.2) is 42.3 Å². The van der Waals surface area contributed by atoms with E-state index in [0.717, 1.165) is 29.8 Å². The Kier molecular flexibility index (Phi) is 6.10. The molecular weight excluding hydrogens is 374 g/mol. The summed E-state index contributed by atoms with van der Waals surface area (Å²) in [5.41, 5.74) is 2.05. The average Bonchev–Trinajstić information content (AvgIpc) is 3.26. The molecule has 5 nitrogen and oxygen atoms in total. The van der Waals surface area contributed by atoms with Crippen LogP contribution in [0.3, 0.4) is 0 Å². The molecule has 0 amide bonds. The summed E-state index contributed by atoms with van der Waals surface area (Å²) in [6, 6.07) is 22.6. The molecule has 0 radical (unpaired) electrons. The average molecular weight is 402 g/mol. The Bertz CT molecular complexity index is 1100. The van der Waals surface area contributed by atoms with Crippen molar-refractivity contribution in [2.45, 2.75) is 19.3 Å². The molecule has 4 aromatic rings. The first-order chi connectivity index (χ1) is 14.6. The van der Waals surface area contributed by atoms with Crippen molar-refractivity contribution in [2.24, 2.45) is 0 Å². The Hall–Kier alpha value is -3.18. The summed E-state index contributed by atoms with van der Waals surface area (Å²) in [5, 5.41) is 11.0. The molecule has 0 N–H and O–H groups in total. The van der Waals surface area contributed by atoms with Crippen molar-refractivity contribution in [1.29, 1.82) is 0 Å². The molecule has 1 unspecified atom stereocenters. The first-order valence-corrected chi connectivity index (χ1v) is 10.3. The first-order valence-electron chi connectivity index (χ1n) is 10.3. The second-order valence-corrected chi connectivity index (χ2v) is 7.80. The summed E-state index contributed by atoms with van der Waals surface area (Å²) in [6.07, 6.45) is 0.994. The van der Waals surface area contributed by atoms with Crippen molar-refractivity contribution in [2.75, 3.05) is 27.2 Å². The maximum Gasteiger partial charge on any atom is 0.247 e. The van der Waals surface area contributed by atoms with Crippen molar-refractivity contribution in [1.82, 2.24) is 15.1 Å². The van der Waals surface area contributed by atoms with E-state index in [1.165, 1.54) is 10.8 Å². The van der Waals surface area contributed by atoms with Gasteiger partial charge in [0.15, 0.2) is 0 Å². The van der Waals surface area contributed by atoms with Gasteiger partial charge < -0.3 is 14.1 Å². The molecule has 1 atom stereocenters. The van der Waals surface area contributed by atoms with E-state index in [9.17, 15) is 0 Å². The third-order valence-electron chi connectivity index (χ3n) is 5.20. The summed E-state index contributed by atoms with van der Waals surface area (Å²) in [6.45, 7) is 3.80. The number of hydrogen-bond donors (Lipinski definition) is 0. The fraction of sp³-hybridized carbons (Fsp3) is 0.280. The van der Waals surface area contributed by atoms with Gasteiger partial charge in [-0.2, -0.15) is 0 Å². The van der Waals surface area contributed by atoms with Crippen LogP contribution in [0.2, 0.25) is 0 Å². The van der Waals surface area contributed by atoms with Crippen LogP contribution in [0.15, 0.2) is 71.1 Å². The van der Waals surface area contributed by atoms with Crippen LogP contribution >= 0.6 is 0 Å². The molecule has 0 saturated heterocycles. The van der Waals surface area contributed by atoms with E-state index in [1.54, 1.807) is 0 Å². The minimum Gasteiger partial charge on any atom is -0.494 e. The highest BCUT2D eigenvalue weighted by molar-refractivity contribution is 5.83. The van der Waals surface area contributed by atoms with Crippen molar-refractivity contribution in [3.05, 3.63) is 78.2 Å². The highest BCUT2D eigenvalue weighted by Gasteiger charge is 2.17. The molecule has 0 saturated carbocycles. The van der Waals surface area contributed by atoms with Gasteiger partial charge in [-0.1, -0.05) is 42.5 Å². The van der Waals surface area contributed by atoms with Gasteiger partial charge in [0, 0.05) is 12.1 Å². The third kappa shape index (κ3) is 4.69. The van der Waals surface area contributed by atoms with Crippen molar-refractivity contribution >= 4 is 10.8 Å². The number of aromatic nitrogens is 2. The zero-order valence-electron chi connectivity index (χ0n) is 17.7. The van der Waals surface area contributed by atoms with Gasteiger partial charge in [-0.25, -0.2) is 0 Å². The number of fused-ring (bicyclic) bond motifs is 1. The Labute approximate surface area is 177 Å². The normalized spacial score (nSPS) is 12.4. The van der Waals surface area contributed by atoms with Crippen LogP contribution in [0.4, 0.5) is 0 Å². The standard InChI is InChI=1S/C25H27N3O2/c1-18(21-10-9-19-7-4-5-8-22(19)17-21)24-26-27-25(30-24)20-11-13-23(14-12-20)29-16-6-15-28(2)3/h4-5,7-14,17-18H,6,15-16H2,1-3H3. The molecule has 0 aliphatic carbocycles. The predicted octanol–water partition coefficient (Wildman–Crippen LogP) is 5.37. The van der Waals surface area contributed by atoms with E-state index in [4.69, 9.17) is 9.15 Å². The summed E-state index contributed by atoms with van der Waals surface area (Å²) in [4.78, 5) is 2.15. The summed E-state index contributed by atoms with van der Waals surface area (Å²) >= 11 is 0. The minimum absolute atomic E-state index is 0.0233. The van der Waals surface area contributed by atoms with Gasteiger partial charge in [0.1, 0.15) is 5.75 Å². The predicted molar refractivity (Wildman–Crippen MR) is 120 cm³/mol. The van der Waals surface area contributed by atoms with E-state index in [1.807, 2.05) is 24.3 Å². The van der Waals surface area contributed by atoms with E-state index >= 15 is 0 Å². The molecule has 1 aromatic heterocycles. The van der Waals surface area contributed by atoms with E-state index in [-0.39, 0.29) is 5.92 Å². The second-order valence-electron chi connectivity index (χ2n) is 7.80. The van der Waals surface area contributed by atoms with Gasteiger partial charge in [0.05, 0.1) is 12.5 Å². The van der Waals surface area contributed by atoms with Crippen LogP contribution in [0.25, 0.3) is 22.2 Å². The van der Waals surface area contributed by atoms with Crippen molar-refractivity contribution < 1.29 is 9.15 Å². The van der Waals surface area contributed by atoms with Gasteiger partial charge in [0.25, 0.3) is 0 Å². The van der Waals surface area contributed by atoms with Crippen molar-refractivity contribution in [3.63, 3.8) is 0 Å². The van der Waals surface area contributed by atoms with Crippen LogP contribution in [0.5, 0.6) is 5.75 Å². The highest BCUT2D eigenvalue weighted by atomic mass is 16.5. The molecule has 1 heterocycles. The first kappa shape index (κ1) is 20.1. The second kappa shape index (κ2) is 9.09. The number of nitrogens with zero attached hydrogens (tertiary/aromatic N) is 3. The molecule has 4 rings (SSSR count). The SMILES string of the molecule is CC(c1ccc2ccccc2c1)c1nnc(-c2ccc(OCCCN(C)C)cc2)o1. The Morgan fingerprint density at radius 2 is 1.70 bits per heavy atom. The summed E-state index contributed by atoms with van der Waals surface area (Å²) in [5.74, 6) is 2.01. The molecule has 154 valence electrons. The van der Waals surface area contributed by atoms with Gasteiger partial charge in [-0.3, -0.25) is 0 Å². The lowest BCUT2D eigenvalue weighted by Crippen LogP contribution is -2.15. The topological polar surface area (TPSA) is 51.4 Å². The molecule has 5 heteroatoms. The number of ether oxygens (including phenoxy) is 1. The lowest BCUT2D eigenvalue weighted by Gasteiger charge is -2.10. The Balaban J connectivity index is 1.44. The monoisotopic (exact) mass is 401 g/mol. The lowest BCUT2D eigenvalue weighted by atomic mass is 9.98. The molecule has 3 aromatic carbocycles. The fourth-order valence-corrected chi connectivity index (χ4v) is 3.41. The molecule has 0 spiro atoms. The molecule has 0 bridgehead atoms. The van der Waals surface area contributed by atoms with Gasteiger partial charge in [-0.05, 0) is 68.0 Å². The summed E-state index contributed by atoms with van der Waals surface area (Å²) in [7, 11) is 4.13. The molecule has 0 aliphatic rings. The fourth-order valence-electron chi connectivity index (χ4n) is 3.41. The zero-order valence-corrected chi connectivity index (χ0v) is 17.7. The molecule has 30 heavy (non-hydrogen) atoms. The number of hydrogen-bond acceptors (Lipinski definition) is 5. The van der Waals surface area contributed by atoms with E-state index in [2.05, 4.69) is 78.6 Å². The number of rotatable bonds is 8. The Morgan fingerprint density at radius 3 is 2.47 bits per heavy atom. The zero-order chi connectivity index (χ0) is 20.9. The van der Waals surface area contributed by atoms with E-state index < -0.39 is 0 Å². The largest absolute Gasteiger partial charge is 0.494 e. The van der Waals surface area contributed by atoms with Gasteiger partial charge in [-0.15, -0.1) is 10.2 Å². The summed E-state index contributed by atoms with van der Waals surface area (Å²) < 4.78 is 11.8. The van der Waals surface area contributed by atoms with Crippen LogP contribution in [-0.2, 0) is 0 Å². The quantitative estimate of drug-likeness (QED) is 0.371. The minimum atomic E-state index is 0.0233. The number of benzene rings is 3. The van der Waals surface area contributed by atoms with Gasteiger partial charge >= 0.3 is 0 Å². The third-order valence-corrected chi connectivity index (χ3v) is 5.20. The Morgan fingerprint density at radius 1 is 0.933 bits per heavy atom. The smallest absolute Gasteiger partial charge is 0.247 e. The lowest BCUT2D eigenvalue weighted by molar-refractivity contribution is 0.281. The maximum atomic E-state index is 5.99. The molecule has 0 fully saturated rings. The van der Waals surface area contributed by atoms with Crippen LogP contribution < -0.4 is 4.74 Å². The molecular formula is C25H27N3O2. The van der Waals surface area contributed by atoms with Crippen molar-refractivity contribution in [3.8, 4) is 17.2 Å².